The van der Waals surface area contributed by atoms with Crippen molar-refractivity contribution >= 4 is 7.75 Å². The molecule has 2 rings (SSSR count). The highest BCUT2D eigenvalue weighted by atomic mass is 31.2. The second-order valence-electron chi connectivity index (χ2n) is 2.80. The number of hydrogen-bond donors (Lipinski definition) is 0. The van der Waals surface area contributed by atoms with Crippen LogP contribution in [0.25, 0.3) is 0 Å². The molecule has 2 saturated heterocycles. The van der Waals surface area contributed by atoms with Gasteiger partial charge in [-0.3, -0.25) is 9.05 Å². The summed E-state index contributed by atoms with van der Waals surface area (Å²) in [5, 5.41) is 0. The lowest BCUT2D eigenvalue weighted by atomic mass is 10.4. The van der Waals surface area contributed by atoms with Crippen molar-refractivity contribution in [2.75, 3.05) is 26.3 Å². The predicted octanol–water partition coefficient (Wildman–Crippen LogP) is 1.24. The second kappa shape index (κ2) is 2.87. The lowest BCUT2D eigenvalue weighted by Gasteiger charge is -2.19. The molecule has 0 radical (unpaired) electrons. The lowest BCUT2D eigenvalue weighted by molar-refractivity contribution is 0.279. The molecule has 0 unspecified atom stereocenters. The third-order valence-electron chi connectivity index (χ3n) is 2.02. The van der Waals surface area contributed by atoms with Crippen molar-refractivity contribution in [1.29, 1.82) is 0 Å². The summed E-state index contributed by atoms with van der Waals surface area (Å²) in [7, 11) is -2.78. The zero-order valence-corrected chi connectivity index (χ0v) is 7.26. The first-order chi connectivity index (χ1) is 5.31. The van der Waals surface area contributed by atoms with E-state index in [1.165, 1.54) is 0 Å². The summed E-state index contributed by atoms with van der Waals surface area (Å²) < 4.78 is 23.7. The minimum Gasteiger partial charge on any atom is -0.294 e. The fraction of sp³-hybridized carbons (Fsp3) is 1.00. The average molecular weight is 177 g/mol. The zero-order valence-electron chi connectivity index (χ0n) is 6.36. The Morgan fingerprint density at radius 1 is 1.09 bits per heavy atom. The molecule has 0 aromatic carbocycles. The summed E-state index contributed by atoms with van der Waals surface area (Å²) in [4.78, 5) is 0. The molecule has 0 saturated carbocycles. The van der Waals surface area contributed by atoms with Gasteiger partial charge in [-0.05, 0) is 12.8 Å². The Kier molecular flexibility index (Phi) is 2.02. The van der Waals surface area contributed by atoms with Crippen LogP contribution in [0.4, 0.5) is 0 Å². The highest BCUT2D eigenvalue weighted by Gasteiger charge is 2.38. The highest BCUT2D eigenvalue weighted by Crippen LogP contribution is 2.56. The van der Waals surface area contributed by atoms with Gasteiger partial charge in [-0.2, -0.15) is 0 Å². The van der Waals surface area contributed by atoms with E-state index in [-0.39, 0.29) is 0 Å². The van der Waals surface area contributed by atoms with Gasteiger partial charge in [0.2, 0.25) is 0 Å². The summed E-state index contributed by atoms with van der Waals surface area (Å²) in [6.07, 6.45) is 2.22. The van der Waals surface area contributed by atoms with Crippen molar-refractivity contribution < 1.29 is 13.6 Å². The zero-order chi connectivity index (χ0) is 7.73. The number of nitrogens with zero attached hydrogens (tertiary/aromatic N) is 1. The Hall–Kier alpha value is 0.110. The molecule has 11 heavy (non-hydrogen) atoms. The molecule has 0 spiro atoms. The minimum atomic E-state index is -2.78. The van der Waals surface area contributed by atoms with E-state index >= 15 is 0 Å². The van der Waals surface area contributed by atoms with Crippen molar-refractivity contribution in [3.63, 3.8) is 0 Å². The maximum atomic E-state index is 11.7. The molecule has 2 aliphatic rings. The Balaban J connectivity index is 2.06. The molecule has 0 aromatic rings. The van der Waals surface area contributed by atoms with Crippen molar-refractivity contribution in [3.8, 4) is 0 Å². The highest BCUT2D eigenvalue weighted by molar-refractivity contribution is 7.51. The van der Waals surface area contributed by atoms with Crippen LogP contribution in [0.1, 0.15) is 12.8 Å². The largest absolute Gasteiger partial charge is 0.408 e. The van der Waals surface area contributed by atoms with Crippen LogP contribution < -0.4 is 0 Å². The summed E-state index contributed by atoms with van der Waals surface area (Å²) in [5.74, 6) is 0. The lowest BCUT2D eigenvalue weighted by Crippen LogP contribution is -2.15. The molecule has 0 aromatic heterocycles. The normalized spacial score (nSPS) is 31.3. The topological polar surface area (TPSA) is 38.8 Å². The third-order valence-corrected chi connectivity index (χ3v) is 4.13. The maximum absolute atomic E-state index is 11.7. The molecule has 4 nitrogen and oxygen atoms in total. The molecule has 2 heterocycles. The summed E-state index contributed by atoms with van der Waals surface area (Å²) in [5.41, 5.74) is 0. The Labute approximate surface area is 66.1 Å². The fourth-order valence-corrected chi connectivity index (χ4v) is 3.24. The van der Waals surface area contributed by atoms with Gasteiger partial charge in [-0.25, -0.2) is 9.24 Å². The van der Waals surface area contributed by atoms with Crippen molar-refractivity contribution in [2.24, 2.45) is 0 Å². The Morgan fingerprint density at radius 3 is 2.18 bits per heavy atom. The van der Waals surface area contributed by atoms with E-state index in [1.54, 1.807) is 0 Å². The van der Waals surface area contributed by atoms with E-state index < -0.39 is 7.75 Å². The molecule has 5 heteroatoms. The van der Waals surface area contributed by atoms with Crippen LogP contribution in [0.5, 0.6) is 0 Å². The average Bonchev–Trinajstić information content (AvgIpc) is 2.55. The SMILES string of the molecule is O=P1(N2CCCC2)OCCO1. The van der Waals surface area contributed by atoms with Crippen molar-refractivity contribution in [2.45, 2.75) is 12.8 Å². The van der Waals surface area contributed by atoms with E-state index in [0.717, 1.165) is 25.9 Å². The van der Waals surface area contributed by atoms with E-state index in [4.69, 9.17) is 9.05 Å². The second-order valence-corrected chi connectivity index (χ2v) is 4.81. The van der Waals surface area contributed by atoms with Crippen LogP contribution in [-0.2, 0) is 13.6 Å². The first-order valence-corrected chi connectivity index (χ1v) is 5.45. The molecule has 0 amide bonds. The molecular weight excluding hydrogens is 165 g/mol. The summed E-state index contributed by atoms with van der Waals surface area (Å²) in [6.45, 7) is 2.68. The van der Waals surface area contributed by atoms with E-state index in [1.807, 2.05) is 4.67 Å². The molecule has 0 bridgehead atoms. The van der Waals surface area contributed by atoms with E-state index in [0.29, 0.717) is 13.2 Å². The monoisotopic (exact) mass is 177 g/mol. The first kappa shape index (κ1) is 7.74. The summed E-state index contributed by atoms with van der Waals surface area (Å²) >= 11 is 0. The van der Waals surface area contributed by atoms with Gasteiger partial charge in [-0.1, -0.05) is 0 Å². The predicted molar refractivity (Wildman–Crippen MR) is 40.3 cm³/mol. The smallest absolute Gasteiger partial charge is 0.294 e. The van der Waals surface area contributed by atoms with Crippen molar-refractivity contribution in [3.05, 3.63) is 0 Å². The van der Waals surface area contributed by atoms with Crippen LogP contribution in [0.15, 0.2) is 0 Å². The first-order valence-electron chi connectivity index (χ1n) is 3.96. The molecule has 64 valence electrons. The molecular formula is C6H12NO3P. The van der Waals surface area contributed by atoms with Gasteiger partial charge in [0.1, 0.15) is 0 Å². The van der Waals surface area contributed by atoms with Gasteiger partial charge >= 0.3 is 7.75 Å². The van der Waals surface area contributed by atoms with Gasteiger partial charge in [0.15, 0.2) is 0 Å². The molecule has 0 atom stereocenters. The van der Waals surface area contributed by atoms with Crippen LogP contribution in [0, 0.1) is 0 Å². The van der Waals surface area contributed by atoms with Crippen molar-refractivity contribution in [1.82, 2.24) is 4.67 Å². The van der Waals surface area contributed by atoms with Crippen LogP contribution >= 0.6 is 7.75 Å². The fourth-order valence-electron chi connectivity index (χ4n) is 1.45. The van der Waals surface area contributed by atoms with E-state index in [2.05, 4.69) is 0 Å². The third kappa shape index (κ3) is 1.36. The molecule has 0 N–H and O–H groups in total. The number of rotatable bonds is 1. The van der Waals surface area contributed by atoms with Gasteiger partial charge in [0.05, 0.1) is 13.2 Å². The van der Waals surface area contributed by atoms with Gasteiger partial charge in [-0.15, -0.1) is 0 Å². The van der Waals surface area contributed by atoms with Crippen LogP contribution in [0.2, 0.25) is 0 Å². The quantitative estimate of drug-likeness (QED) is 0.565. The standard InChI is InChI=1S/C6H12NO3P/c8-11(9-5-6-10-11)7-3-1-2-4-7/h1-6H2. The Bertz CT molecular complexity index is 180. The van der Waals surface area contributed by atoms with Crippen LogP contribution in [-0.4, -0.2) is 31.0 Å². The van der Waals surface area contributed by atoms with Gasteiger partial charge in [0.25, 0.3) is 0 Å². The minimum absolute atomic E-state index is 0.480. The molecule has 0 aliphatic carbocycles. The molecule has 2 fully saturated rings. The van der Waals surface area contributed by atoms with Gasteiger partial charge in [0, 0.05) is 13.1 Å². The van der Waals surface area contributed by atoms with E-state index in [9.17, 15) is 4.57 Å². The number of hydrogen-bond acceptors (Lipinski definition) is 3. The van der Waals surface area contributed by atoms with Crippen LogP contribution in [0.3, 0.4) is 0 Å². The molecule has 2 aliphatic heterocycles. The maximum Gasteiger partial charge on any atom is 0.408 e. The Morgan fingerprint density at radius 2 is 1.64 bits per heavy atom. The summed E-state index contributed by atoms with van der Waals surface area (Å²) in [6, 6.07) is 0. The van der Waals surface area contributed by atoms with Gasteiger partial charge < -0.3 is 0 Å².